The average Bonchev–Trinajstić information content (AvgIpc) is 3.34. The van der Waals surface area contributed by atoms with E-state index in [2.05, 4.69) is 54.2 Å². The number of aromatic nitrogens is 1. The maximum atomic E-state index is 6.26. The second-order valence-electron chi connectivity index (χ2n) is 7.92. The van der Waals surface area contributed by atoms with Gasteiger partial charge in [0, 0.05) is 33.9 Å². The Labute approximate surface area is 193 Å². The molecule has 2 N–H and O–H groups in total. The molecule has 0 aliphatic heterocycles. The van der Waals surface area contributed by atoms with Crippen molar-refractivity contribution in [3.05, 3.63) is 88.0 Å². The van der Waals surface area contributed by atoms with E-state index in [1.165, 1.54) is 16.7 Å². The minimum atomic E-state index is 0.603. The summed E-state index contributed by atoms with van der Waals surface area (Å²) in [7, 11) is 0. The fourth-order valence-electron chi connectivity index (χ4n) is 3.91. The second-order valence-corrected chi connectivity index (χ2v) is 8.74. The summed E-state index contributed by atoms with van der Waals surface area (Å²) in [6.07, 6.45) is 2.53. The van der Waals surface area contributed by atoms with Crippen LogP contribution in [0.1, 0.15) is 28.1 Å². The highest BCUT2D eigenvalue weighted by atomic mass is 35.5. The number of halogens is 1. The van der Waals surface area contributed by atoms with Crippen LogP contribution in [-0.4, -0.2) is 21.5 Å². The first-order valence-electron chi connectivity index (χ1n) is 10.3. The predicted molar refractivity (Wildman–Crippen MR) is 133 cm³/mol. The molecule has 4 nitrogen and oxygen atoms in total. The molecule has 2 aromatic carbocycles. The first kappa shape index (κ1) is 21.5. The van der Waals surface area contributed by atoms with Crippen LogP contribution in [0.5, 0.6) is 0 Å². The maximum Gasteiger partial charge on any atom is 0.173 e. The molecule has 2 heterocycles. The Balaban J connectivity index is 1.56. The number of nitrogens with one attached hydrogen (secondary N) is 2. The number of H-pyrrole nitrogens is 1. The Bertz CT molecular complexity index is 1210. The highest BCUT2D eigenvalue weighted by Crippen LogP contribution is 2.26. The zero-order chi connectivity index (χ0) is 22.0. The van der Waals surface area contributed by atoms with Crippen LogP contribution in [0.4, 0.5) is 5.69 Å². The molecule has 0 amide bonds. The van der Waals surface area contributed by atoms with Gasteiger partial charge in [0.05, 0.1) is 12.8 Å². The molecule has 160 valence electrons. The topological polar surface area (TPSA) is 44.2 Å². The Morgan fingerprint density at radius 2 is 1.97 bits per heavy atom. The van der Waals surface area contributed by atoms with Gasteiger partial charge in [0.1, 0.15) is 5.76 Å². The standard InChI is InChI=1S/C25H26ClN3OS/c1-16-6-8-23(17(2)13-16)28-25(31)29(15-20-5-4-12-30-20)11-10-21-18(3)27-24-9-7-19(26)14-22(21)24/h4-9,12-14,27H,10-11,15H2,1-3H3,(H,28,31). The number of aromatic amines is 1. The molecule has 0 radical (unpaired) electrons. The molecule has 0 aliphatic carbocycles. The maximum absolute atomic E-state index is 6.26. The van der Waals surface area contributed by atoms with E-state index in [-0.39, 0.29) is 0 Å². The van der Waals surface area contributed by atoms with Crippen molar-refractivity contribution in [1.82, 2.24) is 9.88 Å². The summed E-state index contributed by atoms with van der Waals surface area (Å²) in [4.78, 5) is 5.61. The second kappa shape index (κ2) is 9.16. The number of hydrogen-bond donors (Lipinski definition) is 2. The van der Waals surface area contributed by atoms with Crippen LogP contribution in [0.25, 0.3) is 10.9 Å². The van der Waals surface area contributed by atoms with E-state index in [1.807, 2.05) is 30.3 Å². The monoisotopic (exact) mass is 451 g/mol. The number of nitrogens with zero attached hydrogens (tertiary/aromatic N) is 1. The molecule has 0 saturated heterocycles. The highest BCUT2D eigenvalue weighted by Gasteiger charge is 2.16. The van der Waals surface area contributed by atoms with Crippen LogP contribution in [0, 0.1) is 20.8 Å². The zero-order valence-corrected chi connectivity index (χ0v) is 19.5. The number of benzene rings is 2. The molecular weight excluding hydrogens is 426 g/mol. The van der Waals surface area contributed by atoms with E-state index in [0.29, 0.717) is 11.7 Å². The lowest BCUT2D eigenvalue weighted by atomic mass is 10.1. The van der Waals surface area contributed by atoms with Gasteiger partial charge in [-0.1, -0.05) is 29.3 Å². The molecule has 2 aromatic heterocycles. The van der Waals surface area contributed by atoms with Crippen molar-refractivity contribution < 1.29 is 4.42 Å². The van der Waals surface area contributed by atoms with Gasteiger partial charge < -0.3 is 19.6 Å². The summed E-state index contributed by atoms with van der Waals surface area (Å²) < 4.78 is 5.60. The van der Waals surface area contributed by atoms with Crippen LogP contribution in [0.15, 0.2) is 59.2 Å². The fraction of sp³-hybridized carbons (Fsp3) is 0.240. The molecule has 0 bridgehead atoms. The molecule has 4 aromatic rings. The third-order valence-corrected chi connectivity index (χ3v) is 6.15. The smallest absolute Gasteiger partial charge is 0.173 e. The first-order valence-corrected chi connectivity index (χ1v) is 11.1. The van der Waals surface area contributed by atoms with E-state index in [4.69, 9.17) is 28.2 Å². The van der Waals surface area contributed by atoms with Crippen LogP contribution >= 0.6 is 23.8 Å². The molecule has 0 fully saturated rings. The Morgan fingerprint density at radius 3 is 2.71 bits per heavy atom. The minimum Gasteiger partial charge on any atom is -0.467 e. The number of thiocarbonyl (C=S) groups is 1. The van der Waals surface area contributed by atoms with E-state index < -0.39 is 0 Å². The van der Waals surface area contributed by atoms with Gasteiger partial charge in [-0.15, -0.1) is 0 Å². The number of aryl methyl sites for hydroxylation is 3. The van der Waals surface area contributed by atoms with Crippen molar-refractivity contribution in [3.8, 4) is 0 Å². The van der Waals surface area contributed by atoms with Gasteiger partial charge in [-0.3, -0.25) is 0 Å². The van der Waals surface area contributed by atoms with E-state index in [1.54, 1.807) is 6.26 Å². The van der Waals surface area contributed by atoms with Crippen molar-refractivity contribution in [1.29, 1.82) is 0 Å². The van der Waals surface area contributed by atoms with E-state index >= 15 is 0 Å². The quantitative estimate of drug-likeness (QED) is 0.317. The van der Waals surface area contributed by atoms with Crippen LogP contribution < -0.4 is 5.32 Å². The summed E-state index contributed by atoms with van der Waals surface area (Å²) >= 11 is 12.1. The molecule has 0 aliphatic rings. The SMILES string of the molecule is Cc1ccc(NC(=S)N(CCc2c(C)[nH]c3ccc(Cl)cc23)Cc2ccco2)c(C)c1. The number of furan rings is 1. The van der Waals surface area contributed by atoms with Gasteiger partial charge in [0.15, 0.2) is 5.11 Å². The summed E-state index contributed by atoms with van der Waals surface area (Å²) in [5.74, 6) is 0.878. The molecule has 0 saturated carbocycles. The van der Waals surface area contributed by atoms with Crippen LogP contribution in [0.3, 0.4) is 0 Å². The van der Waals surface area contributed by atoms with Gasteiger partial charge in [0.25, 0.3) is 0 Å². The predicted octanol–water partition coefficient (Wildman–Crippen LogP) is 6.78. The largest absolute Gasteiger partial charge is 0.467 e. The molecule has 31 heavy (non-hydrogen) atoms. The Morgan fingerprint density at radius 1 is 1.13 bits per heavy atom. The van der Waals surface area contributed by atoms with E-state index in [0.717, 1.165) is 46.0 Å². The summed E-state index contributed by atoms with van der Waals surface area (Å²) in [6.45, 7) is 7.64. The normalized spacial score (nSPS) is 11.1. The number of hydrogen-bond acceptors (Lipinski definition) is 2. The molecule has 0 unspecified atom stereocenters. The van der Waals surface area contributed by atoms with E-state index in [9.17, 15) is 0 Å². The Hall–Kier alpha value is -2.76. The lowest BCUT2D eigenvalue weighted by molar-refractivity contribution is 0.368. The van der Waals surface area contributed by atoms with Crippen molar-refractivity contribution >= 4 is 45.5 Å². The van der Waals surface area contributed by atoms with Gasteiger partial charge in [-0.25, -0.2) is 0 Å². The third-order valence-electron chi connectivity index (χ3n) is 5.55. The van der Waals surface area contributed by atoms with Crippen molar-refractivity contribution in [2.75, 3.05) is 11.9 Å². The molecule has 4 rings (SSSR count). The molecule has 6 heteroatoms. The van der Waals surface area contributed by atoms with Gasteiger partial charge >= 0.3 is 0 Å². The van der Waals surface area contributed by atoms with Crippen molar-refractivity contribution in [2.45, 2.75) is 33.7 Å². The minimum absolute atomic E-state index is 0.603. The fourth-order valence-corrected chi connectivity index (χ4v) is 4.35. The first-order chi connectivity index (χ1) is 14.9. The number of anilines is 1. The molecule has 0 spiro atoms. The van der Waals surface area contributed by atoms with Crippen molar-refractivity contribution in [3.63, 3.8) is 0 Å². The molecule has 0 atom stereocenters. The molecular formula is C25H26ClN3OS. The van der Waals surface area contributed by atoms with Gasteiger partial charge in [-0.2, -0.15) is 0 Å². The highest BCUT2D eigenvalue weighted by molar-refractivity contribution is 7.80. The van der Waals surface area contributed by atoms with Crippen molar-refractivity contribution in [2.24, 2.45) is 0 Å². The van der Waals surface area contributed by atoms with Gasteiger partial charge in [-0.05, 0) is 86.9 Å². The number of rotatable bonds is 6. The Kier molecular flexibility index (Phi) is 6.35. The lowest BCUT2D eigenvalue weighted by Crippen LogP contribution is -2.36. The zero-order valence-electron chi connectivity index (χ0n) is 18.0. The third kappa shape index (κ3) is 4.94. The lowest BCUT2D eigenvalue weighted by Gasteiger charge is -2.26. The van der Waals surface area contributed by atoms with Gasteiger partial charge in [0.2, 0.25) is 0 Å². The summed E-state index contributed by atoms with van der Waals surface area (Å²) in [6, 6.07) is 16.2. The average molecular weight is 452 g/mol. The van der Waals surface area contributed by atoms with Crippen LogP contribution in [-0.2, 0) is 13.0 Å². The van der Waals surface area contributed by atoms with Crippen LogP contribution in [0.2, 0.25) is 5.02 Å². The summed E-state index contributed by atoms with van der Waals surface area (Å²) in [5, 5.41) is 6.01. The summed E-state index contributed by atoms with van der Waals surface area (Å²) in [5.41, 5.74) is 6.94. The number of fused-ring (bicyclic) bond motifs is 1.